The Balaban J connectivity index is 1.77. The highest BCUT2D eigenvalue weighted by atomic mass is 32.2. The highest BCUT2D eigenvalue weighted by Gasteiger charge is 2.41. The number of carboxylic acid groups (broad SMARTS) is 1. The van der Waals surface area contributed by atoms with E-state index >= 15 is 0 Å². The lowest BCUT2D eigenvalue weighted by molar-refractivity contribution is -0.146. The van der Waals surface area contributed by atoms with Crippen LogP contribution in [-0.2, 0) is 46.4 Å². The molecule has 324 valence electrons. The van der Waals surface area contributed by atoms with Gasteiger partial charge in [-0.2, -0.15) is 11.8 Å². The second-order valence-corrected chi connectivity index (χ2v) is 16.1. The summed E-state index contributed by atoms with van der Waals surface area (Å²) in [6, 6.07) is 9.56. The lowest BCUT2D eigenvalue weighted by atomic mass is 9.99. The fraction of sp³-hybridized carbons (Fsp3) is 0.537. The molecule has 18 heteroatoms. The van der Waals surface area contributed by atoms with E-state index in [1.54, 1.807) is 32.2 Å². The van der Waals surface area contributed by atoms with Crippen LogP contribution in [0.15, 0.2) is 60.7 Å². The van der Waals surface area contributed by atoms with E-state index in [9.17, 15) is 48.9 Å². The lowest BCUT2D eigenvalue weighted by Crippen LogP contribution is -2.62. The van der Waals surface area contributed by atoms with E-state index in [-0.39, 0.29) is 32.2 Å². The number of aliphatic hydroxyl groups excluding tert-OH is 2. The molecule has 6 amide bonds. The number of carboxylic acids is 1. The summed E-state index contributed by atoms with van der Waals surface area (Å²) in [6.07, 6.45) is -0.0145. The van der Waals surface area contributed by atoms with E-state index in [1.807, 2.05) is 48.5 Å². The first-order valence-electron chi connectivity index (χ1n) is 19.7. The molecule has 1 fully saturated rings. The largest absolute Gasteiger partial charge is 0.480 e. The molecule has 2 aromatic rings. The van der Waals surface area contributed by atoms with E-state index < -0.39 is 102 Å². The number of hydrogen-bond donors (Lipinski definition) is 9. The van der Waals surface area contributed by atoms with Gasteiger partial charge < -0.3 is 52.5 Å². The summed E-state index contributed by atoms with van der Waals surface area (Å²) >= 11 is 1.39. The molecule has 1 heterocycles. The maximum Gasteiger partial charge on any atom is 0.328 e. The van der Waals surface area contributed by atoms with Crippen LogP contribution in [0, 0.1) is 5.92 Å². The van der Waals surface area contributed by atoms with Crippen LogP contribution in [0.1, 0.15) is 58.1 Å². The van der Waals surface area contributed by atoms with Crippen molar-refractivity contribution in [1.82, 2.24) is 31.5 Å². The van der Waals surface area contributed by atoms with Crippen LogP contribution in [0.25, 0.3) is 0 Å². The Kier molecular flexibility index (Phi) is 19.3. The fourth-order valence-corrected chi connectivity index (χ4v) is 7.08. The number of carbonyl (C=O) groups is 7. The summed E-state index contributed by atoms with van der Waals surface area (Å²) < 4.78 is 0. The smallest absolute Gasteiger partial charge is 0.328 e. The molecule has 0 aromatic heterocycles. The van der Waals surface area contributed by atoms with Gasteiger partial charge in [0.15, 0.2) is 6.04 Å². The van der Waals surface area contributed by atoms with Gasteiger partial charge in [0.1, 0.15) is 30.2 Å². The van der Waals surface area contributed by atoms with Gasteiger partial charge in [0.05, 0.1) is 18.2 Å². The molecule has 0 radical (unpaired) electrons. The Morgan fingerprint density at radius 3 is 1.76 bits per heavy atom. The van der Waals surface area contributed by atoms with E-state index in [0.29, 0.717) is 12.2 Å². The van der Waals surface area contributed by atoms with E-state index in [2.05, 4.69) is 26.6 Å². The van der Waals surface area contributed by atoms with Crippen molar-refractivity contribution < 1.29 is 48.9 Å². The summed E-state index contributed by atoms with van der Waals surface area (Å²) in [4.78, 5) is 94.8. The monoisotopic (exact) mass is 841 g/mol. The van der Waals surface area contributed by atoms with Crippen molar-refractivity contribution in [2.75, 3.05) is 18.6 Å². The van der Waals surface area contributed by atoms with Crippen molar-refractivity contribution in [3.8, 4) is 0 Å². The fourth-order valence-electron chi connectivity index (χ4n) is 6.61. The Morgan fingerprint density at radius 2 is 1.24 bits per heavy atom. The van der Waals surface area contributed by atoms with Crippen molar-refractivity contribution in [1.29, 1.82) is 0 Å². The number of thioether (sulfide) groups is 1. The van der Waals surface area contributed by atoms with Crippen molar-refractivity contribution in [3.63, 3.8) is 0 Å². The Bertz CT molecular complexity index is 1730. The van der Waals surface area contributed by atoms with Crippen molar-refractivity contribution in [2.45, 2.75) is 114 Å². The minimum atomic E-state index is -1.71. The summed E-state index contributed by atoms with van der Waals surface area (Å²) in [6.45, 7) is 6.04. The zero-order valence-electron chi connectivity index (χ0n) is 34.1. The third kappa shape index (κ3) is 14.6. The van der Waals surface area contributed by atoms with Gasteiger partial charge in [0, 0.05) is 13.0 Å². The zero-order chi connectivity index (χ0) is 43.8. The van der Waals surface area contributed by atoms with Gasteiger partial charge >= 0.3 is 5.97 Å². The van der Waals surface area contributed by atoms with Crippen LogP contribution in [0.5, 0.6) is 0 Å². The molecule has 0 unspecified atom stereocenters. The second-order valence-electron chi connectivity index (χ2n) is 15.1. The van der Waals surface area contributed by atoms with Gasteiger partial charge in [0.25, 0.3) is 0 Å². The Morgan fingerprint density at radius 1 is 0.712 bits per heavy atom. The lowest BCUT2D eigenvalue weighted by Gasteiger charge is -2.32. The first-order valence-corrected chi connectivity index (χ1v) is 21.1. The van der Waals surface area contributed by atoms with Gasteiger partial charge in [-0.05, 0) is 68.6 Å². The molecule has 17 nitrogen and oxygen atoms in total. The van der Waals surface area contributed by atoms with Crippen LogP contribution in [0.2, 0.25) is 0 Å². The Hall–Kier alpha value is -5.04. The molecule has 1 saturated heterocycles. The molecule has 1 aliphatic heterocycles. The molecule has 2 aromatic carbocycles. The molecule has 9 atom stereocenters. The molecule has 0 saturated carbocycles. The summed E-state index contributed by atoms with van der Waals surface area (Å²) in [5, 5.41) is 42.3. The van der Waals surface area contributed by atoms with E-state index in [1.165, 1.54) is 23.6 Å². The van der Waals surface area contributed by atoms with Crippen LogP contribution in [0.3, 0.4) is 0 Å². The molecule has 0 aliphatic carbocycles. The molecule has 0 bridgehead atoms. The van der Waals surface area contributed by atoms with Gasteiger partial charge in [-0.15, -0.1) is 0 Å². The number of amides is 6. The number of hydrogen-bond acceptors (Lipinski definition) is 11. The zero-order valence-corrected chi connectivity index (χ0v) is 34.9. The summed E-state index contributed by atoms with van der Waals surface area (Å²) in [5.74, 6) is -5.80. The van der Waals surface area contributed by atoms with Crippen molar-refractivity contribution in [2.24, 2.45) is 11.7 Å². The molecule has 0 spiro atoms. The van der Waals surface area contributed by atoms with Crippen molar-refractivity contribution >= 4 is 53.2 Å². The predicted octanol–water partition coefficient (Wildman–Crippen LogP) is -0.531. The minimum Gasteiger partial charge on any atom is -0.480 e. The van der Waals surface area contributed by atoms with Crippen molar-refractivity contribution in [3.05, 3.63) is 71.8 Å². The normalized spacial score (nSPS) is 17.9. The average Bonchev–Trinajstić information content (AvgIpc) is 3.69. The van der Waals surface area contributed by atoms with Gasteiger partial charge in [-0.25, -0.2) is 4.79 Å². The van der Waals surface area contributed by atoms with Gasteiger partial charge in [0.2, 0.25) is 35.4 Å². The first kappa shape index (κ1) is 48.3. The quantitative estimate of drug-likeness (QED) is 0.0725. The number of nitrogens with zero attached hydrogens (tertiary/aromatic N) is 1. The SMILES string of the molecule is CSCC[C@H](NC(=O)[C@@H]1CCCN1C(=O)[C@@H](NC(=O)[C@H](Cc1ccccc1)NC(=O)[C@@H](N)Cc1ccccc1)C(C)C)C(=O)N[C@H](C(=O)N[C@H](C(=O)O)[C@@H](C)O)[C@@H](C)O. The number of aliphatic hydroxyl groups is 2. The maximum atomic E-state index is 14.2. The molecular weight excluding hydrogens is 783 g/mol. The molecule has 3 rings (SSSR count). The second kappa shape index (κ2) is 23.5. The van der Waals surface area contributed by atoms with E-state index in [4.69, 9.17) is 5.73 Å². The molecule has 10 N–H and O–H groups in total. The molecule has 59 heavy (non-hydrogen) atoms. The highest BCUT2D eigenvalue weighted by Crippen LogP contribution is 2.21. The van der Waals surface area contributed by atoms with E-state index in [0.717, 1.165) is 18.1 Å². The maximum absolute atomic E-state index is 14.2. The third-order valence-corrected chi connectivity index (χ3v) is 10.6. The Labute approximate surface area is 349 Å². The standard InChI is InChI=1S/C41H59N7O10S/c1-23(2)32(45-37(53)30(22-27-15-10-7-11-16-27)44-35(51)28(42)21-26-13-8-6-9-14-26)40(56)48-19-12-17-31(48)38(54)43-29(18-20-59-5)36(52)46-33(24(3)49)39(55)47-34(25(4)50)41(57)58/h6-11,13-16,23-25,28-34,49-50H,12,17-22,42H2,1-5H3,(H,43,54)(H,44,51)(H,45,53)(H,46,52)(H,47,55)(H,57,58)/t24-,25-,28+,29+,30+,31+,32+,33+,34+/m1/s1. The minimum absolute atomic E-state index is 0.104. The molecular formula is C41H59N7O10S. The highest BCUT2D eigenvalue weighted by molar-refractivity contribution is 7.98. The number of rotatable bonds is 22. The topological polar surface area (TPSA) is 270 Å². The number of likely N-dealkylation sites (tertiary alicyclic amines) is 1. The number of nitrogens with one attached hydrogen (secondary N) is 5. The van der Waals surface area contributed by atoms with Crippen LogP contribution in [-0.4, -0.2) is 135 Å². The van der Waals surface area contributed by atoms with Crippen LogP contribution >= 0.6 is 11.8 Å². The number of benzene rings is 2. The van der Waals surface area contributed by atoms with Crippen LogP contribution in [0.4, 0.5) is 0 Å². The average molecular weight is 842 g/mol. The predicted molar refractivity (Wildman–Crippen MR) is 221 cm³/mol. The molecule has 1 aliphatic rings. The van der Waals surface area contributed by atoms with Gasteiger partial charge in [-0.3, -0.25) is 28.8 Å². The summed E-state index contributed by atoms with van der Waals surface area (Å²) in [5.41, 5.74) is 7.87. The summed E-state index contributed by atoms with van der Waals surface area (Å²) in [7, 11) is 0. The number of nitrogens with two attached hydrogens (primary N) is 1. The number of carbonyl (C=O) groups excluding carboxylic acids is 6. The van der Waals surface area contributed by atoms with Gasteiger partial charge in [-0.1, -0.05) is 74.5 Å². The number of aliphatic carboxylic acids is 1. The first-order chi connectivity index (χ1) is 27.9. The third-order valence-electron chi connectivity index (χ3n) is 9.97. The van der Waals surface area contributed by atoms with Crippen LogP contribution < -0.4 is 32.3 Å².